The number of nitrogens with two attached hydrogens (primary N) is 1. The Morgan fingerprint density at radius 1 is 1.10 bits per heavy atom. The van der Waals surface area contributed by atoms with E-state index in [1.807, 2.05) is 6.92 Å². The number of hydrogen-bond acceptors (Lipinski definition) is 7. The van der Waals surface area contributed by atoms with Crippen LogP contribution in [0.3, 0.4) is 0 Å². The lowest BCUT2D eigenvalue weighted by Crippen LogP contribution is -2.54. The van der Waals surface area contributed by atoms with Crippen LogP contribution in [0.4, 0.5) is 4.79 Å². The number of methoxy groups -OCH3 is 1. The fraction of sp³-hybridized carbons (Fsp3) is 0.536. The molecule has 11 nitrogen and oxygen atoms in total. The SMILES string of the molecule is C#Cc1ccccc1C(C(=O)NCC(=O)OC)N(CCCCCC)C(=O)C(CC(N)=O)NC(=O)OC(C)(C)C. The second-order valence-electron chi connectivity index (χ2n) is 9.89. The Labute approximate surface area is 230 Å². The van der Waals surface area contributed by atoms with Crippen LogP contribution in [0.1, 0.15) is 77.0 Å². The van der Waals surface area contributed by atoms with E-state index in [2.05, 4.69) is 21.3 Å². The number of carbonyl (C=O) groups is 5. The van der Waals surface area contributed by atoms with Gasteiger partial charge in [-0.25, -0.2) is 4.79 Å². The summed E-state index contributed by atoms with van der Waals surface area (Å²) in [5, 5.41) is 4.91. The normalized spacial score (nSPS) is 12.3. The zero-order chi connectivity index (χ0) is 29.6. The lowest BCUT2D eigenvalue weighted by atomic mass is 9.96. The molecular formula is C28H40N4O7. The maximum Gasteiger partial charge on any atom is 0.408 e. The van der Waals surface area contributed by atoms with Gasteiger partial charge in [0.25, 0.3) is 0 Å². The summed E-state index contributed by atoms with van der Waals surface area (Å²) in [4.78, 5) is 65.0. The molecule has 1 rings (SSSR count). The minimum atomic E-state index is -1.42. The number of carbonyl (C=O) groups excluding carboxylic acids is 5. The van der Waals surface area contributed by atoms with Crippen molar-refractivity contribution in [2.45, 2.75) is 77.5 Å². The Morgan fingerprint density at radius 3 is 2.33 bits per heavy atom. The fourth-order valence-electron chi connectivity index (χ4n) is 3.77. The van der Waals surface area contributed by atoms with E-state index in [1.54, 1.807) is 45.0 Å². The van der Waals surface area contributed by atoms with E-state index in [0.29, 0.717) is 17.5 Å². The summed E-state index contributed by atoms with van der Waals surface area (Å²) in [7, 11) is 1.18. The Balaban J connectivity index is 3.59. The Morgan fingerprint density at radius 2 is 1.77 bits per heavy atom. The first kappa shape index (κ1) is 33.0. The first-order valence-electron chi connectivity index (χ1n) is 12.8. The van der Waals surface area contributed by atoms with Crippen molar-refractivity contribution in [1.82, 2.24) is 15.5 Å². The number of benzene rings is 1. The molecule has 0 heterocycles. The third-order valence-electron chi connectivity index (χ3n) is 5.54. The van der Waals surface area contributed by atoms with E-state index < -0.39 is 60.4 Å². The average Bonchev–Trinajstić information content (AvgIpc) is 2.86. The second kappa shape index (κ2) is 16.0. The Hall–Kier alpha value is -4.07. The van der Waals surface area contributed by atoms with Crippen molar-refractivity contribution in [2.24, 2.45) is 5.73 Å². The summed E-state index contributed by atoms with van der Waals surface area (Å²) >= 11 is 0. The van der Waals surface area contributed by atoms with Gasteiger partial charge in [0.2, 0.25) is 17.7 Å². The molecule has 1 aromatic rings. The number of alkyl carbamates (subject to hydrolysis) is 1. The maximum absolute atomic E-state index is 14.0. The number of nitrogens with one attached hydrogen (secondary N) is 2. The van der Waals surface area contributed by atoms with Gasteiger partial charge < -0.3 is 30.7 Å². The second-order valence-corrected chi connectivity index (χ2v) is 9.89. The van der Waals surface area contributed by atoms with Crippen LogP contribution in [0.2, 0.25) is 0 Å². The third-order valence-corrected chi connectivity index (χ3v) is 5.54. The molecule has 2 unspecified atom stereocenters. The number of esters is 1. The molecule has 214 valence electrons. The molecule has 0 aliphatic rings. The van der Waals surface area contributed by atoms with Gasteiger partial charge in [-0.1, -0.05) is 50.3 Å². The van der Waals surface area contributed by atoms with Gasteiger partial charge in [-0.3, -0.25) is 19.2 Å². The first-order chi connectivity index (χ1) is 18.3. The summed E-state index contributed by atoms with van der Waals surface area (Å²) < 4.78 is 9.89. The number of primary amides is 1. The van der Waals surface area contributed by atoms with Gasteiger partial charge in [0.15, 0.2) is 0 Å². The molecule has 0 aromatic heterocycles. The number of nitrogens with zero attached hydrogens (tertiary/aromatic N) is 1. The molecule has 0 aliphatic heterocycles. The molecule has 4 amide bonds. The van der Waals surface area contributed by atoms with Crippen molar-refractivity contribution in [1.29, 1.82) is 0 Å². The molecule has 0 saturated carbocycles. The average molecular weight is 545 g/mol. The van der Waals surface area contributed by atoms with E-state index in [9.17, 15) is 24.0 Å². The summed E-state index contributed by atoms with van der Waals surface area (Å²) in [6.45, 7) is 6.63. The minimum absolute atomic E-state index is 0.0965. The Bertz CT molecular complexity index is 1060. The van der Waals surface area contributed by atoms with Gasteiger partial charge in [0.1, 0.15) is 24.2 Å². The fourth-order valence-corrected chi connectivity index (χ4v) is 3.77. The number of terminal acetylenes is 1. The monoisotopic (exact) mass is 544 g/mol. The van der Waals surface area contributed by atoms with Gasteiger partial charge in [-0.2, -0.15) is 0 Å². The standard InChI is InChI=1S/C28H40N4O7/c1-7-9-10-13-16-32(26(36)21(17-22(29)33)31-27(37)39-28(3,4)5)24(25(35)30-18-23(34)38-6)20-15-12-11-14-19(20)8-2/h2,11-12,14-15,21,24H,7,9-10,13,16-18H2,1,3-6H3,(H2,29,33)(H,30,35)(H,31,37). The van der Waals surface area contributed by atoms with Crippen LogP contribution < -0.4 is 16.4 Å². The largest absolute Gasteiger partial charge is 0.468 e. The molecule has 0 fully saturated rings. The van der Waals surface area contributed by atoms with Crippen molar-refractivity contribution in [3.05, 3.63) is 35.4 Å². The molecule has 0 aliphatic carbocycles. The number of rotatable bonds is 14. The van der Waals surface area contributed by atoms with Gasteiger partial charge in [-0.05, 0) is 38.8 Å². The molecule has 0 bridgehead atoms. The van der Waals surface area contributed by atoms with E-state index in [4.69, 9.17) is 16.9 Å². The topological polar surface area (TPSA) is 157 Å². The van der Waals surface area contributed by atoms with Crippen molar-refractivity contribution in [2.75, 3.05) is 20.2 Å². The highest BCUT2D eigenvalue weighted by atomic mass is 16.6. The molecule has 0 saturated heterocycles. The summed E-state index contributed by atoms with van der Waals surface area (Å²) in [5.41, 5.74) is 5.22. The molecule has 11 heteroatoms. The quantitative estimate of drug-likeness (QED) is 0.184. The van der Waals surface area contributed by atoms with Crippen LogP contribution in [-0.2, 0) is 28.7 Å². The highest BCUT2D eigenvalue weighted by molar-refractivity contribution is 5.95. The Kier molecular flexibility index (Phi) is 13.5. The summed E-state index contributed by atoms with van der Waals surface area (Å²) in [5.74, 6) is -0.435. The van der Waals surface area contributed by atoms with Crippen LogP contribution >= 0.6 is 0 Å². The molecule has 39 heavy (non-hydrogen) atoms. The molecule has 0 spiro atoms. The van der Waals surface area contributed by atoms with E-state index >= 15 is 0 Å². The van der Waals surface area contributed by atoms with Gasteiger partial charge >= 0.3 is 12.1 Å². The molecule has 2 atom stereocenters. The van der Waals surface area contributed by atoms with Crippen LogP contribution in [0.15, 0.2) is 24.3 Å². The molecule has 1 aromatic carbocycles. The molecule has 0 radical (unpaired) electrons. The van der Waals surface area contributed by atoms with E-state index in [1.165, 1.54) is 12.0 Å². The zero-order valence-electron chi connectivity index (χ0n) is 23.4. The molecule has 4 N–H and O–H groups in total. The van der Waals surface area contributed by atoms with Gasteiger partial charge in [0.05, 0.1) is 13.5 Å². The lowest BCUT2D eigenvalue weighted by Gasteiger charge is -2.34. The van der Waals surface area contributed by atoms with Gasteiger partial charge in [0, 0.05) is 12.1 Å². The van der Waals surface area contributed by atoms with Crippen LogP contribution in [0, 0.1) is 12.3 Å². The first-order valence-corrected chi connectivity index (χ1v) is 12.8. The number of ether oxygens (including phenoxy) is 2. The van der Waals surface area contributed by atoms with Crippen molar-refractivity contribution >= 4 is 29.8 Å². The van der Waals surface area contributed by atoms with E-state index in [-0.39, 0.29) is 6.54 Å². The summed E-state index contributed by atoms with van der Waals surface area (Å²) in [6, 6.07) is 3.87. The third kappa shape index (κ3) is 11.5. The predicted octanol–water partition coefficient (Wildman–Crippen LogP) is 2.18. The minimum Gasteiger partial charge on any atom is -0.468 e. The predicted molar refractivity (Wildman–Crippen MR) is 145 cm³/mol. The van der Waals surface area contributed by atoms with Crippen LogP contribution in [0.25, 0.3) is 0 Å². The highest BCUT2D eigenvalue weighted by Gasteiger charge is 2.37. The van der Waals surface area contributed by atoms with Crippen LogP contribution in [-0.4, -0.2) is 66.5 Å². The summed E-state index contributed by atoms with van der Waals surface area (Å²) in [6.07, 6.45) is 7.35. The van der Waals surface area contributed by atoms with Gasteiger partial charge in [-0.15, -0.1) is 6.42 Å². The number of hydrogen-bond donors (Lipinski definition) is 3. The number of amides is 4. The molecular weight excluding hydrogens is 504 g/mol. The van der Waals surface area contributed by atoms with Crippen LogP contribution in [0.5, 0.6) is 0 Å². The number of unbranched alkanes of at least 4 members (excludes halogenated alkanes) is 3. The highest BCUT2D eigenvalue weighted by Crippen LogP contribution is 2.27. The van der Waals surface area contributed by atoms with Crippen molar-refractivity contribution < 1.29 is 33.4 Å². The maximum atomic E-state index is 14.0. The van der Waals surface area contributed by atoms with E-state index in [0.717, 1.165) is 19.3 Å². The smallest absolute Gasteiger partial charge is 0.408 e. The zero-order valence-corrected chi connectivity index (χ0v) is 23.4. The lowest BCUT2D eigenvalue weighted by molar-refractivity contribution is -0.145. The van der Waals surface area contributed by atoms with Crippen molar-refractivity contribution in [3.8, 4) is 12.3 Å². The van der Waals surface area contributed by atoms with Crippen molar-refractivity contribution in [3.63, 3.8) is 0 Å².